The fourth-order valence-corrected chi connectivity index (χ4v) is 5.67. The number of aliphatic hydroxyl groups is 2. The summed E-state index contributed by atoms with van der Waals surface area (Å²) in [6.45, 7) is 4.28. The van der Waals surface area contributed by atoms with Crippen molar-refractivity contribution in [3.8, 4) is 5.75 Å². The second kappa shape index (κ2) is 11.9. The summed E-state index contributed by atoms with van der Waals surface area (Å²) in [6, 6.07) is 5.67. The average molecular weight is 604 g/mol. The van der Waals surface area contributed by atoms with E-state index in [1.807, 2.05) is 0 Å². The first kappa shape index (κ1) is 30.6. The van der Waals surface area contributed by atoms with Crippen molar-refractivity contribution in [2.24, 2.45) is 0 Å². The lowest BCUT2D eigenvalue weighted by Crippen LogP contribution is -2.49. The maximum absolute atomic E-state index is 14.4. The first-order chi connectivity index (χ1) is 19.2. The predicted octanol–water partition coefficient (Wildman–Crippen LogP) is 2.09. The Balaban J connectivity index is 1.66. The largest absolute Gasteiger partial charge is 0.462 e. The lowest BCUT2D eigenvalue weighted by Gasteiger charge is -2.31. The molecule has 0 aliphatic carbocycles. The Morgan fingerprint density at radius 2 is 1.83 bits per heavy atom. The van der Waals surface area contributed by atoms with E-state index in [4.69, 9.17) is 24.3 Å². The minimum absolute atomic E-state index is 0.0103. The molecule has 1 fully saturated rings. The van der Waals surface area contributed by atoms with E-state index in [-0.39, 0.29) is 22.7 Å². The molecule has 4 rings (SSSR count). The molecule has 0 saturated carbocycles. The number of nitrogens with two attached hydrogens (primary N) is 1. The van der Waals surface area contributed by atoms with E-state index in [1.54, 1.807) is 19.9 Å². The van der Waals surface area contributed by atoms with Crippen LogP contribution >= 0.6 is 7.75 Å². The number of hydrogen-bond acceptors (Lipinski definition) is 12. The highest BCUT2D eigenvalue weighted by Crippen LogP contribution is 2.51. The molecule has 0 radical (unpaired) electrons. The van der Waals surface area contributed by atoms with E-state index in [9.17, 15) is 32.7 Å². The fourth-order valence-electron chi connectivity index (χ4n) is 4.00. The molecule has 0 spiro atoms. The fraction of sp³-hybridized carbons (Fsp3) is 0.478. The molecule has 3 heterocycles. The summed E-state index contributed by atoms with van der Waals surface area (Å²) in [5.41, 5.74) is 5.84. The Labute approximate surface area is 231 Å². The smallest absolute Gasteiger partial charge is 0.460 e. The van der Waals surface area contributed by atoms with Crippen LogP contribution in [0, 0.1) is 0 Å². The zero-order valence-electron chi connectivity index (χ0n) is 21.9. The quantitative estimate of drug-likeness (QED) is 0.194. The van der Waals surface area contributed by atoms with Crippen molar-refractivity contribution in [3.63, 3.8) is 0 Å². The highest BCUT2D eigenvalue weighted by atomic mass is 31.2. The number of anilines is 1. The van der Waals surface area contributed by atoms with Crippen molar-refractivity contribution >= 4 is 30.7 Å². The molecule has 5 N–H and O–H groups in total. The third kappa shape index (κ3) is 6.77. The summed E-state index contributed by atoms with van der Waals surface area (Å²) >= 11 is 0. The number of hydrogen-bond donors (Lipinski definition) is 4. The monoisotopic (exact) mass is 604 g/mol. The molecule has 1 saturated heterocycles. The molecule has 224 valence electrons. The van der Waals surface area contributed by atoms with Gasteiger partial charge in [-0.3, -0.25) is 13.9 Å². The normalized spacial score (nSPS) is 24.2. The second-order valence-corrected chi connectivity index (χ2v) is 11.0. The summed E-state index contributed by atoms with van der Waals surface area (Å²) < 4.78 is 79.0. The number of nitrogen functional groups attached to an aromatic ring is 1. The molecule has 7 atom stereocenters. The van der Waals surface area contributed by atoms with E-state index >= 15 is 0 Å². The molecular weight excluding hydrogens is 576 g/mol. The highest BCUT2D eigenvalue weighted by molar-refractivity contribution is 7.52. The van der Waals surface area contributed by atoms with Crippen molar-refractivity contribution in [2.45, 2.75) is 69.7 Å². The van der Waals surface area contributed by atoms with Gasteiger partial charge in [0.2, 0.25) is 0 Å². The third-order valence-electron chi connectivity index (χ3n) is 5.84. The molecule has 0 bridgehead atoms. The van der Waals surface area contributed by atoms with Crippen LogP contribution in [0.1, 0.15) is 27.0 Å². The molecule has 3 aromatic rings. The van der Waals surface area contributed by atoms with Crippen molar-refractivity contribution in [1.29, 1.82) is 0 Å². The Morgan fingerprint density at radius 3 is 2.46 bits per heavy atom. The number of rotatable bonds is 10. The lowest BCUT2D eigenvalue weighted by molar-refractivity contribution is -0.237. The van der Waals surface area contributed by atoms with Gasteiger partial charge >= 0.3 is 19.9 Å². The number of carbonyl (C=O) groups is 1. The second-order valence-electron chi connectivity index (χ2n) is 9.36. The zero-order chi connectivity index (χ0) is 30.1. The number of ether oxygens (including phenoxy) is 2. The van der Waals surface area contributed by atoms with Gasteiger partial charge in [0.05, 0.1) is 12.4 Å². The van der Waals surface area contributed by atoms with Crippen LogP contribution in [-0.4, -0.2) is 78.4 Å². The van der Waals surface area contributed by atoms with Crippen LogP contribution in [0.4, 0.5) is 19.0 Å². The number of nitrogens with one attached hydrogen (secondary N) is 1. The zero-order valence-corrected chi connectivity index (χ0v) is 22.8. The average Bonchev–Trinajstić information content (AvgIpc) is 3.44. The van der Waals surface area contributed by atoms with Gasteiger partial charge < -0.3 is 29.9 Å². The molecule has 14 nitrogen and oxygen atoms in total. The van der Waals surface area contributed by atoms with Crippen LogP contribution in [0.25, 0.3) is 11.2 Å². The summed E-state index contributed by atoms with van der Waals surface area (Å²) in [6.07, 6.45) is -14.9. The Hall–Kier alpha value is -3.34. The molecule has 41 heavy (non-hydrogen) atoms. The Kier molecular flexibility index (Phi) is 8.87. The van der Waals surface area contributed by atoms with Gasteiger partial charge in [0.1, 0.15) is 41.9 Å². The van der Waals surface area contributed by atoms with E-state index in [0.29, 0.717) is 0 Å². The number of carbonyl (C=O) groups excluding carboxylic acids is 1. The number of alkyl halides is 3. The number of fused-ring (bicyclic) bond motifs is 1. The molecule has 18 heteroatoms. The first-order valence-corrected chi connectivity index (χ1v) is 13.8. The molecular formula is C23H28F3N6O8P. The van der Waals surface area contributed by atoms with Gasteiger partial charge in [-0.05, 0) is 32.9 Å². The minimum Gasteiger partial charge on any atom is -0.462 e. The van der Waals surface area contributed by atoms with Crippen LogP contribution in [0.5, 0.6) is 5.75 Å². The number of imidazole rings is 1. The van der Waals surface area contributed by atoms with Crippen molar-refractivity contribution < 1.29 is 51.3 Å². The van der Waals surface area contributed by atoms with Gasteiger partial charge in [-0.2, -0.15) is 18.3 Å². The van der Waals surface area contributed by atoms with Crippen LogP contribution in [0.3, 0.4) is 0 Å². The topological polar surface area (TPSA) is 193 Å². The number of aromatic nitrogens is 4. The van der Waals surface area contributed by atoms with E-state index in [1.165, 1.54) is 31.2 Å². The Morgan fingerprint density at radius 1 is 1.15 bits per heavy atom. The SMILES string of the molecule is CC(C)OC(=O)C(C)NP(=O)(Oc1ccccc1)OC(C1OC(n2cnc3c(N)ncnc32)C(O)C1O)C(F)(F)F. The van der Waals surface area contributed by atoms with Gasteiger partial charge in [0.25, 0.3) is 0 Å². The van der Waals surface area contributed by atoms with Gasteiger partial charge in [0, 0.05) is 0 Å². The van der Waals surface area contributed by atoms with Crippen molar-refractivity contribution in [1.82, 2.24) is 24.6 Å². The molecule has 7 unspecified atom stereocenters. The molecule has 0 amide bonds. The van der Waals surface area contributed by atoms with Gasteiger partial charge in [-0.1, -0.05) is 18.2 Å². The van der Waals surface area contributed by atoms with Crippen LogP contribution in [0.2, 0.25) is 0 Å². The summed E-state index contributed by atoms with van der Waals surface area (Å²) in [5.74, 6) is -1.13. The number of para-hydroxylation sites is 1. The standard InChI is InChI=1S/C23H28F3N6O8P/c1-11(2)37-22(35)12(3)31-41(36,39-13-7-5-4-6-8-13)40-18(23(24,25)26)17-15(33)16(34)21(38-17)32-10-30-14-19(27)28-9-29-20(14)32/h4-12,15-18,21,33-34H,1-3H3,(H,31,36)(H2,27,28,29). The van der Waals surface area contributed by atoms with Crippen LogP contribution < -0.4 is 15.3 Å². The van der Waals surface area contributed by atoms with E-state index < -0.39 is 62.7 Å². The number of benzene rings is 1. The van der Waals surface area contributed by atoms with Crippen molar-refractivity contribution in [3.05, 3.63) is 43.0 Å². The summed E-state index contributed by atoms with van der Waals surface area (Å²) in [4.78, 5) is 24.1. The predicted molar refractivity (Wildman–Crippen MR) is 135 cm³/mol. The number of esters is 1. The number of aliphatic hydroxyl groups excluding tert-OH is 2. The van der Waals surface area contributed by atoms with Gasteiger partial charge in [-0.15, -0.1) is 0 Å². The third-order valence-corrected chi connectivity index (χ3v) is 7.50. The Bertz CT molecular complexity index is 1410. The maximum atomic E-state index is 14.4. The van der Waals surface area contributed by atoms with Crippen LogP contribution in [-0.2, 0) is 23.4 Å². The van der Waals surface area contributed by atoms with E-state index in [2.05, 4.69) is 20.0 Å². The molecule has 2 aromatic heterocycles. The first-order valence-electron chi connectivity index (χ1n) is 12.2. The van der Waals surface area contributed by atoms with E-state index in [0.717, 1.165) is 17.2 Å². The minimum atomic E-state index is -5.32. The molecule has 1 aliphatic rings. The molecule has 1 aliphatic heterocycles. The lowest BCUT2D eigenvalue weighted by atomic mass is 10.1. The number of nitrogens with zero attached hydrogens (tertiary/aromatic N) is 4. The molecule has 1 aromatic carbocycles. The van der Waals surface area contributed by atoms with Crippen molar-refractivity contribution in [2.75, 3.05) is 5.73 Å². The maximum Gasteiger partial charge on any atom is 0.460 e. The van der Waals surface area contributed by atoms with Crippen LogP contribution in [0.15, 0.2) is 43.0 Å². The van der Waals surface area contributed by atoms with Gasteiger partial charge in [0.15, 0.2) is 23.8 Å². The number of halogens is 3. The summed E-state index contributed by atoms with van der Waals surface area (Å²) in [7, 11) is -5.07. The van der Waals surface area contributed by atoms with Gasteiger partial charge in [-0.25, -0.2) is 19.5 Å². The highest BCUT2D eigenvalue weighted by Gasteiger charge is 2.59. The summed E-state index contributed by atoms with van der Waals surface area (Å²) in [5, 5.41) is 23.5.